The number of halogens is 4. The number of aryl methyl sites for hydroxylation is 2. The van der Waals surface area contributed by atoms with Crippen LogP contribution < -0.4 is 20.9 Å². The Morgan fingerprint density at radius 3 is 1.22 bits per heavy atom. The number of hydrogen-bond acceptors (Lipinski definition) is 12. The number of esters is 2. The molecule has 0 bridgehead atoms. The minimum absolute atomic E-state index is 0.0636. The highest BCUT2D eigenvalue weighted by molar-refractivity contribution is 9.11. The highest BCUT2D eigenvalue weighted by Crippen LogP contribution is 2.41. The third kappa shape index (κ3) is 11.4. The Bertz CT molecular complexity index is 1740. The third-order valence-electron chi connectivity index (χ3n) is 6.64. The summed E-state index contributed by atoms with van der Waals surface area (Å²) >= 11 is 13.6. The Morgan fingerprint density at radius 1 is 0.620 bits per heavy atom. The molecular weight excluding hydrogens is 920 g/mol. The van der Waals surface area contributed by atoms with Gasteiger partial charge in [-0.05, 0) is 136 Å². The molecule has 0 spiro atoms. The number of carbonyl (C=O) groups is 2. The predicted octanol–water partition coefficient (Wildman–Crippen LogP) is 9.20. The summed E-state index contributed by atoms with van der Waals surface area (Å²) in [5, 5.41) is 21.9. The van der Waals surface area contributed by atoms with E-state index in [1.807, 2.05) is 24.3 Å². The van der Waals surface area contributed by atoms with E-state index >= 15 is 0 Å². The Labute approximate surface area is 319 Å². The summed E-state index contributed by atoms with van der Waals surface area (Å²) in [5.41, 5.74) is 12.6. The summed E-state index contributed by atoms with van der Waals surface area (Å²) in [6.45, 7) is 0. The number of nitrogens with zero attached hydrogens (tertiary/aromatic N) is 2. The summed E-state index contributed by atoms with van der Waals surface area (Å²) in [5.74, 6) is 0.902. The molecule has 0 fully saturated rings. The van der Waals surface area contributed by atoms with Crippen molar-refractivity contribution in [2.24, 2.45) is 0 Å². The van der Waals surface area contributed by atoms with Gasteiger partial charge >= 0.3 is 11.9 Å². The third-order valence-corrected chi connectivity index (χ3v) is 9.00. The molecule has 0 aliphatic heterocycles. The van der Waals surface area contributed by atoms with Crippen LogP contribution in [0, 0.1) is 20.2 Å². The maximum Gasteiger partial charge on any atom is 0.305 e. The SMILES string of the molecule is COC(=O)CCc1cc(Br)c(Oc2ccc(N)c([N+](=O)[O-])c2)c(Br)c1.COC(=O)CCc1cc(Br)c(Oc2ccc(N)c([N+](=O)[O-])c2)c(Br)c1. The molecule has 4 aromatic carbocycles. The molecule has 0 aliphatic rings. The van der Waals surface area contributed by atoms with Gasteiger partial charge in [-0.1, -0.05) is 0 Å². The van der Waals surface area contributed by atoms with Crippen LogP contribution in [0.4, 0.5) is 22.7 Å². The average Bonchev–Trinajstić information content (AvgIpc) is 3.07. The van der Waals surface area contributed by atoms with Crippen LogP contribution in [0.5, 0.6) is 23.0 Å². The van der Waals surface area contributed by atoms with Gasteiger partial charge in [0, 0.05) is 12.8 Å². The van der Waals surface area contributed by atoms with Gasteiger partial charge in [-0.25, -0.2) is 0 Å². The van der Waals surface area contributed by atoms with E-state index in [0.29, 0.717) is 42.2 Å². The topological polar surface area (TPSA) is 209 Å². The lowest BCUT2D eigenvalue weighted by molar-refractivity contribution is -0.384. The van der Waals surface area contributed by atoms with Crippen molar-refractivity contribution in [2.45, 2.75) is 25.7 Å². The fourth-order valence-corrected chi connectivity index (χ4v) is 7.02. The van der Waals surface area contributed by atoms with Gasteiger partial charge in [0.05, 0.1) is 54.1 Å². The van der Waals surface area contributed by atoms with Gasteiger partial charge in [-0.2, -0.15) is 0 Å². The van der Waals surface area contributed by atoms with Crippen LogP contribution in [0.3, 0.4) is 0 Å². The summed E-state index contributed by atoms with van der Waals surface area (Å²) in [6.07, 6.45) is 1.55. The normalized spacial score (nSPS) is 10.4. The molecule has 0 saturated heterocycles. The number of nitro benzene ring substituents is 2. The van der Waals surface area contributed by atoms with Crippen molar-refractivity contribution in [3.8, 4) is 23.0 Å². The minimum Gasteiger partial charge on any atom is -0.469 e. The zero-order chi connectivity index (χ0) is 37.1. The van der Waals surface area contributed by atoms with Gasteiger partial charge in [0.2, 0.25) is 0 Å². The number of nitro groups is 2. The molecule has 50 heavy (non-hydrogen) atoms. The van der Waals surface area contributed by atoms with Gasteiger partial charge < -0.3 is 30.4 Å². The molecule has 0 unspecified atom stereocenters. The first-order valence-corrected chi connectivity index (χ1v) is 17.3. The van der Waals surface area contributed by atoms with Crippen LogP contribution in [0.15, 0.2) is 78.6 Å². The van der Waals surface area contributed by atoms with Crippen molar-refractivity contribution in [3.63, 3.8) is 0 Å². The van der Waals surface area contributed by atoms with E-state index in [1.165, 1.54) is 38.5 Å². The van der Waals surface area contributed by atoms with Gasteiger partial charge in [-0.3, -0.25) is 29.8 Å². The number of nitrogen functional groups attached to an aromatic ring is 2. The van der Waals surface area contributed by atoms with Gasteiger partial charge in [0.15, 0.2) is 11.5 Å². The summed E-state index contributed by atoms with van der Waals surface area (Å²) < 4.78 is 23.3. The first-order chi connectivity index (χ1) is 23.6. The smallest absolute Gasteiger partial charge is 0.305 e. The molecule has 0 radical (unpaired) electrons. The van der Waals surface area contributed by atoms with Crippen molar-refractivity contribution in [1.82, 2.24) is 0 Å². The molecule has 4 aromatic rings. The molecular formula is C32H28Br4N4O10. The molecule has 0 atom stereocenters. The van der Waals surface area contributed by atoms with Crippen LogP contribution in [0.2, 0.25) is 0 Å². The zero-order valence-corrected chi connectivity index (χ0v) is 32.6. The van der Waals surface area contributed by atoms with E-state index in [1.54, 1.807) is 12.1 Å². The molecule has 0 aromatic heterocycles. The van der Waals surface area contributed by atoms with Crippen LogP contribution in [-0.4, -0.2) is 36.0 Å². The Kier molecular flexibility index (Phi) is 15.0. The average molecular weight is 948 g/mol. The minimum atomic E-state index is -0.567. The highest BCUT2D eigenvalue weighted by atomic mass is 79.9. The predicted molar refractivity (Wildman–Crippen MR) is 200 cm³/mol. The van der Waals surface area contributed by atoms with Gasteiger partial charge in [0.25, 0.3) is 11.4 Å². The molecule has 0 heterocycles. The first kappa shape index (κ1) is 40.2. The summed E-state index contributed by atoms with van der Waals surface area (Å²) in [7, 11) is 2.69. The summed E-state index contributed by atoms with van der Waals surface area (Å²) in [6, 6.07) is 15.7. The van der Waals surface area contributed by atoms with E-state index in [0.717, 1.165) is 11.1 Å². The van der Waals surface area contributed by atoms with E-state index in [4.69, 9.17) is 20.9 Å². The molecule has 0 aliphatic carbocycles. The van der Waals surface area contributed by atoms with Gasteiger partial charge in [0.1, 0.15) is 22.9 Å². The molecule has 264 valence electrons. The van der Waals surface area contributed by atoms with Crippen molar-refractivity contribution in [2.75, 3.05) is 25.7 Å². The molecule has 0 saturated carbocycles. The van der Waals surface area contributed by atoms with Crippen molar-refractivity contribution < 1.29 is 38.4 Å². The monoisotopic (exact) mass is 944 g/mol. The van der Waals surface area contributed by atoms with E-state index < -0.39 is 9.85 Å². The maximum atomic E-state index is 11.2. The first-order valence-electron chi connectivity index (χ1n) is 14.2. The second-order valence-corrected chi connectivity index (χ2v) is 13.5. The van der Waals surface area contributed by atoms with E-state index in [2.05, 4.69) is 73.2 Å². The lowest BCUT2D eigenvalue weighted by Crippen LogP contribution is -2.02. The summed E-state index contributed by atoms with van der Waals surface area (Å²) in [4.78, 5) is 43.3. The fraction of sp³-hybridized carbons (Fsp3) is 0.188. The van der Waals surface area contributed by atoms with Crippen LogP contribution in [0.1, 0.15) is 24.0 Å². The number of rotatable bonds is 12. The maximum absolute atomic E-state index is 11.2. The molecule has 14 nitrogen and oxygen atoms in total. The van der Waals surface area contributed by atoms with Crippen LogP contribution in [0.25, 0.3) is 0 Å². The standard InChI is InChI=1S/2C16H14Br2N2O5/c2*1-24-15(21)5-2-9-6-11(17)16(12(18)7-9)25-10-3-4-13(19)14(8-10)20(22)23/h2*3-4,6-8H,2,5,19H2,1H3. The lowest BCUT2D eigenvalue weighted by Gasteiger charge is -2.12. The largest absolute Gasteiger partial charge is 0.469 e. The second kappa shape index (κ2) is 18.7. The molecule has 18 heteroatoms. The number of ether oxygens (including phenoxy) is 4. The quantitative estimate of drug-likeness (QED) is 0.0590. The fourth-order valence-electron chi connectivity index (χ4n) is 4.13. The van der Waals surface area contributed by atoms with Crippen LogP contribution in [-0.2, 0) is 31.9 Å². The van der Waals surface area contributed by atoms with Gasteiger partial charge in [-0.15, -0.1) is 0 Å². The molecule has 4 rings (SSSR count). The number of benzene rings is 4. The Balaban J connectivity index is 0.000000270. The van der Waals surface area contributed by atoms with Crippen molar-refractivity contribution in [3.05, 3.63) is 110 Å². The zero-order valence-electron chi connectivity index (χ0n) is 26.2. The number of methoxy groups -OCH3 is 2. The molecule has 0 amide bonds. The van der Waals surface area contributed by atoms with Crippen LogP contribution >= 0.6 is 63.7 Å². The lowest BCUT2D eigenvalue weighted by atomic mass is 10.1. The Morgan fingerprint density at radius 2 is 0.940 bits per heavy atom. The van der Waals surface area contributed by atoms with Crippen molar-refractivity contribution in [1.29, 1.82) is 0 Å². The second-order valence-electron chi connectivity index (χ2n) is 10.1. The molecule has 4 N–H and O–H groups in total. The number of hydrogen-bond donors (Lipinski definition) is 2. The van der Waals surface area contributed by atoms with Crippen molar-refractivity contribution >= 4 is 98.4 Å². The van der Waals surface area contributed by atoms with E-state index in [-0.39, 0.29) is 59.0 Å². The van der Waals surface area contributed by atoms with E-state index in [9.17, 15) is 29.8 Å². The Hall–Kier alpha value is -4.26. The highest BCUT2D eigenvalue weighted by Gasteiger charge is 2.18. The number of carbonyl (C=O) groups excluding carboxylic acids is 2. The number of nitrogens with two attached hydrogens (primary N) is 2. The number of anilines is 2.